The van der Waals surface area contributed by atoms with E-state index in [1.165, 1.54) is 6.07 Å². The molecule has 28 heavy (non-hydrogen) atoms. The van der Waals surface area contributed by atoms with Crippen LogP contribution in [0.5, 0.6) is 0 Å². The molecule has 0 radical (unpaired) electrons. The third-order valence-corrected chi connectivity index (χ3v) is 4.50. The van der Waals surface area contributed by atoms with Crippen molar-refractivity contribution in [2.24, 2.45) is 0 Å². The summed E-state index contributed by atoms with van der Waals surface area (Å²) in [7, 11) is 0. The lowest BCUT2D eigenvalue weighted by Crippen LogP contribution is -2.47. The maximum Gasteiger partial charge on any atom is 0.433 e. The number of anilines is 2. The maximum absolute atomic E-state index is 12.9. The van der Waals surface area contributed by atoms with Crippen LogP contribution in [-0.2, 0) is 6.18 Å². The van der Waals surface area contributed by atoms with Gasteiger partial charge in [0, 0.05) is 44.6 Å². The van der Waals surface area contributed by atoms with E-state index in [4.69, 9.17) is 0 Å². The van der Waals surface area contributed by atoms with E-state index < -0.39 is 11.9 Å². The molecule has 0 spiro atoms. The summed E-state index contributed by atoms with van der Waals surface area (Å²) in [6.07, 6.45) is -0.958. The number of pyridine rings is 1. The van der Waals surface area contributed by atoms with E-state index in [9.17, 15) is 13.2 Å². The highest BCUT2D eigenvalue weighted by Crippen LogP contribution is 2.29. The molecular weight excluding hydrogens is 371 g/mol. The summed E-state index contributed by atoms with van der Waals surface area (Å²) < 4.78 is 40.4. The van der Waals surface area contributed by atoms with Crippen molar-refractivity contribution in [1.82, 2.24) is 24.7 Å². The highest BCUT2D eigenvalue weighted by Gasteiger charge is 2.33. The van der Waals surface area contributed by atoms with Gasteiger partial charge in [0.2, 0.25) is 0 Å². The summed E-state index contributed by atoms with van der Waals surface area (Å²) in [4.78, 5) is 16.6. The number of piperazine rings is 1. The molecule has 3 aromatic heterocycles. The minimum absolute atomic E-state index is 0.338. The van der Waals surface area contributed by atoms with Crippen LogP contribution in [0.2, 0.25) is 0 Å². The summed E-state index contributed by atoms with van der Waals surface area (Å²) in [5.74, 6) is 2.42. The Labute approximate surface area is 159 Å². The number of hydrogen-bond acceptors (Lipinski definition) is 6. The highest BCUT2D eigenvalue weighted by atomic mass is 19.4. The Morgan fingerprint density at radius 2 is 1.54 bits per heavy atom. The molecule has 1 saturated heterocycles. The molecule has 1 aliphatic rings. The first-order chi connectivity index (χ1) is 13.4. The Kier molecular flexibility index (Phi) is 4.62. The topological polar surface area (TPSA) is 63.0 Å². The van der Waals surface area contributed by atoms with E-state index in [0.717, 1.165) is 11.9 Å². The molecular formula is C18H18F3N7. The maximum atomic E-state index is 12.9. The van der Waals surface area contributed by atoms with Gasteiger partial charge < -0.3 is 9.80 Å². The van der Waals surface area contributed by atoms with Crippen molar-refractivity contribution < 1.29 is 13.2 Å². The Morgan fingerprint density at radius 3 is 2.18 bits per heavy atom. The standard InChI is InChI=1S/C18H18F3N7/c1-13-23-16(12-17(24-13)28-7-3-6-22-28)27-10-8-26(9-11-27)15-5-2-4-14(25-15)18(19,20)21/h2-7,12H,8-11H2,1H3. The van der Waals surface area contributed by atoms with Crippen molar-refractivity contribution in [3.05, 3.63) is 54.2 Å². The molecule has 0 aromatic carbocycles. The molecule has 0 amide bonds. The van der Waals surface area contributed by atoms with Gasteiger partial charge in [-0.2, -0.15) is 18.3 Å². The molecule has 0 saturated carbocycles. The van der Waals surface area contributed by atoms with Crippen LogP contribution in [0.3, 0.4) is 0 Å². The monoisotopic (exact) mass is 389 g/mol. The van der Waals surface area contributed by atoms with Gasteiger partial charge in [0.1, 0.15) is 23.2 Å². The van der Waals surface area contributed by atoms with Gasteiger partial charge >= 0.3 is 6.18 Å². The van der Waals surface area contributed by atoms with Crippen LogP contribution < -0.4 is 9.80 Å². The molecule has 0 atom stereocenters. The van der Waals surface area contributed by atoms with E-state index >= 15 is 0 Å². The molecule has 1 fully saturated rings. The summed E-state index contributed by atoms with van der Waals surface area (Å²) in [6.45, 7) is 4.15. The molecule has 0 bridgehead atoms. The zero-order valence-corrected chi connectivity index (χ0v) is 15.1. The van der Waals surface area contributed by atoms with Crippen LogP contribution in [0.25, 0.3) is 5.82 Å². The molecule has 0 unspecified atom stereocenters. The quantitative estimate of drug-likeness (QED) is 0.687. The van der Waals surface area contributed by atoms with Gasteiger partial charge in [-0.1, -0.05) is 6.07 Å². The average Bonchev–Trinajstić information content (AvgIpc) is 3.22. The van der Waals surface area contributed by atoms with Crippen LogP contribution in [0, 0.1) is 6.92 Å². The molecule has 4 heterocycles. The lowest BCUT2D eigenvalue weighted by Gasteiger charge is -2.36. The minimum Gasteiger partial charge on any atom is -0.353 e. The Bertz CT molecular complexity index is 948. The molecule has 3 aromatic rings. The third kappa shape index (κ3) is 3.75. The van der Waals surface area contributed by atoms with E-state index in [0.29, 0.717) is 43.6 Å². The van der Waals surface area contributed by atoms with Crippen molar-refractivity contribution in [1.29, 1.82) is 0 Å². The van der Waals surface area contributed by atoms with Crippen molar-refractivity contribution in [3.63, 3.8) is 0 Å². The van der Waals surface area contributed by atoms with Crippen molar-refractivity contribution in [3.8, 4) is 5.82 Å². The van der Waals surface area contributed by atoms with Gasteiger partial charge in [0.05, 0.1) is 0 Å². The first kappa shape index (κ1) is 18.2. The van der Waals surface area contributed by atoms with Crippen LogP contribution in [0.4, 0.5) is 24.8 Å². The lowest BCUT2D eigenvalue weighted by atomic mass is 10.2. The van der Waals surface area contributed by atoms with Gasteiger partial charge in [-0.05, 0) is 25.1 Å². The molecule has 0 aliphatic carbocycles. The van der Waals surface area contributed by atoms with E-state index in [1.807, 2.05) is 30.2 Å². The summed E-state index contributed by atoms with van der Waals surface area (Å²) in [6, 6.07) is 7.66. The summed E-state index contributed by atoms with van der Waals surface area (Å²) in [5, 5.41) is 4.19. The summed E-state index contributed by atoms with van der Waals surface area (Å²) in [5.41, 5.74) is -0.872. The number of aryl methyl sites for hydroxylation is 1. The second-order valence-corrected chi connectivity index (χ2v) is 6.44. The Hall–Kier alpha value is -3.17. The molecule has 146 valence electrons. The Morgan fingerprint density at radius 1 is 0.857 bits per heavy atom. The van der Waals surface area contributed by atoms with E-state index in [-0.39, 0.29) is 0 Å². The number of nitrogens with zero attached hydrogens (tertiary/aromatic N) is 7. The fourth-order valence-electron chi connectivity index (χ4n) is 3.14. The number of rotatable bonds is 3. The normalized spacial score (nSPS) is 15.1. The molecule has 10 heteroatoms. The average molecular weight is 389 g/mol. The second-order valence-electron chi connectivity index (χ2n) is 6.44. The van der Waals surface area contributed by atoms with E-state index in [2.05, 4.69) is 25.0 Å². The first-order valence-electron chi connectivity index (χ1n) is 8.80. The fourth-order valence-corrected chi connectivity index (χ4v) is 3.14. The SMILES string of the molecule is Cc1nc(N2CCN(c3cccc(C(F)(F)F)n3)CC2)cc(-n2cccn2)n1. The van der Waals surface area contributed by atoms with Gasteiger partial charge in [-0.15, -0.1) is 0 Å². The van der Waals surface area contributed by atoms with Crippen LogP contribution in [0.1, 0.15) is 11.5 Å². The fraction of sp³-hybridized carbons (Fsp3) is 0.333. The highest BCUT2D eigenvalue weighted by molar-refractivity contribution is 5.48. The molecule has 4 rings (SSSR count). The van der Waals surface area contributed by atoms with E-state index in [1.54, 1.807) is 16.9 Å². The largest absolute Gasteiger partial charge is 0.433 e. The number of alkyl halides is 3. The predicted octanol–water partition coefficient (Wildman–Crippen LogP) is 2.71. The molecule has 7 nitrogen and oxygen atoms in total. The van der Waals surface area contributed by atoms with Crippen molar-refractivity contribution in [2.75, 3.05) is 36.0 Å². The van der Waals surface area contributed by atoms with Gasteiger partial charge in [-0.25, -0.2) is 19.6 Å². The minimum atomic E-state index is -4.45. The van der Waals surface area contributed by atoms with Crippen LogP contribution in [0.15, 0.2) is 42.7 Å². The predicted molar refractivity (Wildman–Crippen MR) is 97.6 cm³/mol. The third-order valence-electron chi connectivity index (χ3n) is 4.50. The summed E-state index contributed by atoms with van der Waals surface area (Å²) >= 11 is 0. The van der Waals surface area contributed by atoms with Crippen molar-refractivity contribution in [2.45, 2.75) is 13.1 Å². The lowest BCUT2D eigenvalue weighted by molar-refractivity contribution is -0.141. The number of halogens is 3. The smallest absolute Gasteiger partial charge is 0.353 e. The number of hydrogen-bond donors (Lipinski definition) is 0. The molecule has 0 N–H and O–H groups in total. The van der Waals surface area contributed by atoms with Crippen molar-refractivity contribution >= 4 is 11.6 Å². The van der Waals surface area contributed by atoms with Gasteiger partial charge in [0.15, 0.2) is 5.82 Å². The second kappa shape index (κ2) is 7.10. The van der Waals surface area contributed by atoms with Crippen LogP contribution >= 0.6 is 0 Å². The van der Waals surface area contributed by atoms with Gasteiger partial charge in [0.25, 0.3) is 0 Å². The number of aromatic nitrogens is 5. The Balaban J connectivity index is 1.49. The van der Waals surface area contributed by atoms with Gasteiger partial charge in [-0.3, -0.25) is 0 Å². The zero-order chi connectivity index (χ0) is 19.7. The molecule has 1 aliphatic heterocycles. The zero-order valence-electron chi connectivity index (χ0n) is 15.1. The van der Waals surface area contributed by atoms with Crippen LogP contribution in [-0.4, -0.2) is 50.9 Å². The first-order valence-corrected chi connectivity index (χ1v) is 8.80.